The van der Waals surface area contributed by atoms with E-state index in [0.717, 1.165) is 44.3 Å². The van der Waals surface area contributed by atoms with E-state index < -0.39 is 0 Å². The highest BCUT2D eigenvalue weighted by atomic mass is 15.0. The van der Waals surface area contributed by atoms with Crippen LogP contribution in [-0.4, -0.2) is 19.9 Å². The van der Waals surface area contributed by atoms with Crippen LogP contribution in [0.15, 0.2) is 164 Å². The second-order valence-corrected chi connectivity index (χ2v) is 14.7. The fourth-order valence-electron chi connectivity index (χ4n) is 8.27. The summed E-state index contributed by atoms with van der Waals surface area (Å²) in [5.41, 5.74) is 12.5. The molecule has 10 rings (SSSR count). The van der Waals surface area contributed by atoms with Gasteiger partial charge in [0, 0.05) is 40.1 Å². The van der Waals surface area contributed by atoms with Crippen molar-refractivity contribution < 1.29 is 0 Å². The average molecular weight is 704 g/mol. The lowest BCUT2D eigenvalue weighted by Gasteiger charge is -2.24. The van der Waals surface area contributed by atoms with Gasteiger partial charge in [-0.2, -0.15) is 5.26 Å². The van der Waals surface area contributed by atoms with Gasteiger partial charge in [-0.3, -0.25) is 4.98 Å². The van der Waals surface area contributed by atoms with Gasteiger partial charge < -0.3 is 0 Å². The van der Waals surface area contributed by atoms with Crippen LogP contribution >= 0.6 is 0 Å². The molecule has 5 heteroatoms. The van der Waals surface area contributed by atoms with Crippen LogP contribution in [0.25, 0.3) is 89.1 Å². The van der Waals surface area contributed by atoms with Crippen LogP contribution in [0.2, 0.25) is 0 Å². The lowest BCUT2D eigenvalue weighted by molar-refractivity contribution is 0.667. The average Bonchev–Trinajstić information content (AvgIpc) is 3.49. The number of nitriles is 1. The fourth-order valence-corrected chi connectivity index (χ4v) is 8.27. The van der Waals surface area contributed by atoms with E-state index in [1.807, 2.05) is 85.1 Å². The second kappa shape index (κ2) is 12.7. The summed E-state index contributed by atoms with van der Waals surface area (Å²) >= 11 is 0. The van der Waals surface area contributed by atoms with E-state index in [1.54, 1.807) is 6.20 Å². The van der Waals surface area contributed by atoms with Crippen molar-refractivity contribution in [2.75, 3.05) is 0 Å². The minimum absolute atomic E-state index is 0.282. The summed E-state index contributed by atoms with van der Waals surface area (Å²) in [6.07, 6.45) is 3.70. The summed E-state index contributed by atoms with van der Waals surface area (Å²) in [4.78, 5) is 19.6. The Morgan fingerprint density at radius 1 is 0.491 bits per heavy atom. The minimum atomic E-state index is -0.282. The monoisotopic (exact) mass is 703 g/mol. The highest BCUT2D eigenvalue weighted by molar-refractivity contribution is 6.13. The van der Waals surface area contributed by atoms with Crippen molar-refractivity contribution in [3.8, 4) is 73.6 Å². The Morgan fingerprint density at radius 3 is 1.76 bits per heavy atom. The van der Waals surface area contributed by atoms with E-state index in [-0.39, 0.29) is 5.41 Å². The van der Waals surface area contributed by atoms with Crippen LogP contribution in [0.3, 0.4) is 0 Å². The van der Waals surface area contributed by atoms with Gasteiger partial charge in [0.05, 0.1) is 11.6 Å². The molecular formula is C50H33N5. The van der Waals surface area contributed by atoms with E-state index in [1.165, 1.54) is 38.4 Å². The molecule has 2 heterocycles. The van der Waals surface area contributed by atoms with E-state index in [2.05, 4.69) is 97.7 Å². The first-order valence-electron chi connectivity index (χ1n) is 18.4. The van der Waals surface area contributed by atoms with Crippen molar-refractivity contribution in [3.05, 3.63) is 181 Å². The molecule has 2 aromatic heterocycles. The highest BCUT2D eigenvalue weighted by Crippen LogP contribution is 2.53. The summed E-state index contributed by atoms with van der Waals surface area (Å²) in [5, 5.41) is 14.3. The zero-order valence-corrected chi connectivity index (χ0v) is 30.3. The molecule has 55 heavy (non-hydrogen) atoms. The lowest BCUT2D eigenvalue weighted by atomic mass is 9.78. The first-order chi connectivity index (χ1) is 26.9. The van der Waals surface area contributed by atoms with Gasteiger partial charge in [-0.25, -0.2) is 15.0 Å². The fraction of sp³-hybridized carbons (Fsp3) is 0.0600. The second-order valence-electron chi connectivity index (χ2n) is 14.7. The maximum absolute atomic E-state index is 9.61. The summed E-state index contributed by atoms with van der Waals surface area (Å²) in [7, 11) is 0. The Morgan fingerprint density at radius 2 is 1.09 bits per heavy atom. The third-order valence-corrected chi connectivity index (χ3v) is 11.0. The first kappa shape index (κ1) is 32.4. The summed E-state index contributed by atoms with van der Waals surface area (Å²) < 4.78 is 0. The first-order valence-corrected chi connectivity index (χ1v) is 18.4. The Hall–Kier alpha value is -7.29. The number of benzene rings is 7. The maximum Gasteiger partial charge on any atom is 0.164 e. The van der Waals surface area contributed by atoms with Crippen molar-refractivity contribution in [1.82, 2.24) is 19.9 Å². The molecule has 7 aromatic carbocycles. The number of aromatic nitrogens is 4. The van der Waals surface area contributed by atoms with Crippen molar-refractivity contribution >= 4 is 21.5 Å². The van der Waals surface area contributed by atoms with Crippen molar-refractivity contribution in [2.24, 2.45) is 0 Å². The molecule has 0 fully saturated rings. The number of hydrogen-bond acceptors (Lipinski definition) is 5. The zero-order chi connectivity index (χ0) is 37.1. The Balaban J connectivity index is 1.16. The molecule has 1 aliphatic carbocycles. The molecule has 0 amide bonds. The molecule has 0 N–H and O–H groups in total. The normalized spacial score (nSPS) is 12.7. The summed E-state index contributed by atoms with van der Waals surface area (Å²) in [6, 6.07) is 54.8. The minimum Gasteiger partial charge on any atom is -0.264 e. The predicted molar refractivity (Wildman–Crippen MR) is 222 cm³/mol. The van der Waals surface area contributed by atoms with Crippen LogP contribution in [0.5, 0.6) is 0 Å². The molecule has 258 valence electrons. The molecule has 1 aliphatic rings. The van der Waals surface area contributed by atoms with E-state index >= 15 is 0 Å². The SMILES string of the molecule is CC1(C)c2cc(-c3cc(-c4cccnc4)cc(-c4nc(-c5ccccc5)nc(-c5ccccc5)n4)c3)ccc2-c2ccc3ccc4cc(C#N)ccc4c3c21. The third kappa shape index (κ3) is 5.47. The molecule has 0 bridgehead atoms. The van der Waals surface area contributed by atoms with Gasteiger partial charge in [-0.05, 0) is 103 Å². The quantitative estimate of drug-likeness (QED) is 0.167. The van der Waals surface area contributed by atoms with Crippen LogP contribution in [0.4, 0.5) is 0 Å². The number of nitrogens with zero attached hydrogens (tertiary/aromatic N) is 5. The van der Waals surface area contributed by atoms with Crippen LogP contribution in [0.1, 0.15) is 30.5 Å². The Labute approximate surface area is 319 Å². The summed E-state index contributed by atoms with van der Waals surface area (Å²) in [5.74, 6) is 1.85. The zero-order valence-electron chi connectivity index (χ0n) is 30.3. The Kier molecular flexibility index (Phi) is 7.47. The molecule has 5 nitrogen and oxygen atoms in total. The highest BCUT2D eigenvalue weighted by Gasteiger charge is 2.37. The van der Waals surface area contributed by atoms with Gasteiger partial charge in [0.1, 0.15) is 0 Å². The molecular weight excluding hydrogens is 671 g/mol. The Bertz CT molecular complexity index is 2940. The summed E-state index contributed by atoms with van der Waals surface area (Å²) in [6.45, 7) is 4.67. The van der Waals surface area contributed by atoms with E-state index in [0.29, 0.717) is 23.0 Å². The number of rotatable bonds is 5. The van der Waals surface area contributed by atoms with Crippen LogP contribution in [0, 0.1) is 11.3 Å². The molecule has 0 atom stereocenters. The molecule has 0 saturated heterocycles. The van der Waals surface area contributed by atoms with E-state index in [9.17, 15) is 5.26 Å². The molecule has 0 saturated carbocycles. The molecule has 0 unspecified atom stereocenters. The number of pyridine rings is 1. The molecule has 0 spiro atoms. The van der Waals surface area contributed by atoms with Crippen molar-refractivity contribution in [1.29, 1.82) is 5.26 Å². The maximum atomic E-state index is 9.61. The van der Waals surface area contributed by atoms with Crippen molar-refractivity contribution in [2.45, 2.75) is 19.3 Å². The van der Waals surface area contributed by atoms with Crippen LogP contribution in [-0.2, 0) is 5.41 Å². The topological polar surface area (TPSA) is 75.3 Å². The van der Waals surface area contributed by atoms with Gasteiger partial charge in [-0.15, -0.1) is 0 Å². The number of fused-ring (bicyclic) bond motifs is 7. The standard InChI is InChI=1S/C50H33N5/c1-50(2)44-28-35(19-21-42(44)43-22-18-32-16-17-36-24-31(29-51)15-20-41(36)45(32)46(43)50)38-25-39(37-14-9-23-52-30-37)27-40(26-38)49-54-47(33-10-5-3-6-11-33)53-48(55-49)34-12-7-4-8-13-34/h3-28,30H,1-2H3. The largest absolute Gasteiger partial charge is 0.264 e. The number of hydrogen-bond donors (Lipinski definition) is 0. The van der Waals surface area contributed by atoms with Gasteiger partial charge in [-0.1, -0.05) is 123 Å². The van der Waals surface area contributed by atoms with Crippen molar-refractivity contribution in [3.63, 3.8) is 0 Å². The van der Waals surface area contributed by atoms with Crippen LogP contribution < -0.4 is 0 Å². The molecule has 0 aliphatic heterocycles. The smallest absolute Gasteiger partial charge is 0.164 e. The van der Waals surface area contributed by atoms with Gasteiger partial charge in [0.25, 0.3) is 0 Å². The lowest BCUT2D eigenvalue weighted by Crippen LogP contribution is -2.15. The van der Waals surface area contributed by atoms with Gasteiger partial charge in [0.2, 0.25) is 0 Å². The molecule has 0 radical (unpaired) electrons. The molecule has 9 aromatic rings. The van der Waals surface area contributed by atoms with Gasteiger partial charge in [0.15, 0.2) is 17.5 Å². The van der Waals surface area contributed by atoms with Gasteiger partial charge >= 0.3 is 0 Å². The predicted octanol–water partition coefficient (Wildman–Crippen LogP) is 12.1. The van der Waals surface area contributed by atoms with E-state index in [4.69, 9.17) is 15.0 Å². The third-order valence-electron chi connectivity index (χ3n) is 11.0.